The van der Waals surface area contributed by atoms with Crippen molar-refractivity contribution in [3.8, 4) is 0 Å². The van der Waals surface area contributed by atoms with E-state index in [-0.39, 0.29) is 12.1 Å². The summed E-state index contributed by atoms with van der Waals surface area (Å²) in [4.78, 5) is 12.5. The number of hydrogen-bond donors (Lipinski definition) is 1. The van der Waals surface area contributed by atoms with E-state index in [1.54, 1.807) is 4.90 Å². The summed E-state index contributed by atoms with van der Waals surface area (Å²) in [6, 6.07) is 3.04. The van der Waals surface area contributed by atoms with Crippen molar-refractivity contribution in [2.45, 2.75) is 25.4 Å². The van der Waals surface area contributed by atoms with Gasteiger partial charge in [0.25, 0.3) is 0 Å². The van der Waals surface area contributed by atoms with Gasteiger partial charge in [-0.2, -0.15) is 0 Å². The van der Waals surface area contributed by atoms with Crippen molar-refractivity contribution in [3.63, 3.8) is 0 Å². The minimum atomic E-state index is -0.931. The van der Waals surface area contributed by atoms with Gasteiger partial charge in [0.2, 0.25) is 0 Å². The van der Waals surface area contributed by atoms with Gasteiger partial charge in [0.15, 0.2) is 0 Å². The lowest BCUT2D eigenvalue weighted by Gasteiger charge is -2.21. The van der Waals surface area contributed by atoms with Crippen LogP contribution in [0.4, 0.5) is 8.78 Å². The van der Waals surface area contributed by atoms with Crippen LogP contribution in [0.15, 0.2) is 18.2 Å². The Bertz CT molecular complexity index is 416. The Kier molecular flexibility index (Phi) is 3.38. The molecule has 1 N–H and O–H groups in total. The number of carboxylic acid groups (broad SMARTS) is 1. The van der Waals surface area contributed by atoms with Crippen LogP contribution in [-0.2, 0) is 11.3 Å². The summed E-state index contributed by atoms with van der Waals surface area (Å²) >= 11 is 0. The lowest BCUT2D eigenvalue weighted by Crippen LogP contribution is -2.35. The van der Waals surface area contributed by atoms with Crippen molar-refractivity contribution in [3.05, 3.63) is 35.4 Å². The van der Waals surface area contributed by atoms with Crippen LogP contribution in [-0.4, -0.2) is 28.6 Å². The summed E-state index contributed by atoms with van der Waals surface area (Å²) < 4.78 is 26.8. The third-order valence-corrected chi connectivity index (χ3v) is 3.07. The minimum Gasteiger partial charge on any atom is -0.480 e. The van der Waals surface area contributed by atoms with Crippen molar-refractivity contribution in [2.24, 2.45) is 0 Å². The predicted octanol–water partition coefficient (Wildman–Crippen LogP) is 2.01. The first kappa shape index (κ1) is 12.0. The lowest BCUT2D eigenvalue weighted by molar-refractivity contribution is -0.142. The van der Waals surface area contributed by atoms with Crippen LogP contribution in [0.2, 0.25) is 0 Å². The summed E-state index contributed by atoms with van der Waals surface area (Å²) in [5.41, 5.74) is -0.0550. The van der Waals surface area contributed by atoms with Gasteiger partial charge < -0.3 is 5.11 Å². The van der Waals surface area contributed by atoms with Crippen molar-refractivity contribution in [1.82, 2.24) is 4.90 Å². The van der Waals surface area contributed by atoms with Gasteiger partial charge in [-0.05, 0) is 31.5 Å². The van der Waals surface area contributed by atoms with Crippen LogP contribution in [0, 0.1) is 11.6 Å². The average molecular weight is 241 g/mol. The SMILES string of the molecule is O=C(O)C1CCCN1Cc1c(F)cccc1F. The van der Waals surface area contributed by atoms with Crippen LogP contribution in [0.5, 0.6) is 0 Å². The molecule has 0 bridgehead atoms. The zero-order valence-electron chi connectivity index (χ0n) is 9.20. The second-order valence-electron chi connectivity index (χ2n) is 4.17. The van der Waals surface area contributed by atoms with Crippen molar-refractivity contribution in [2.75, 3.05) is 6.54 Å². The molecule has 1 saturated heterocycles. The summed E-state index contributed by atoms with van der Waals surface area (Å²) in [5.74, 6) is -2.18. The molecule has 0 spiro atoms. The highest BCUT2D eigenvalue weighted by atomic mass is 19.1. The van der Waals surface area contributed by atoms with Crippen LogP contribution in [0.1, 0.15) is 18.4 Å². The van der Waals surface area contributed by atoms with Crippen molar-refractivity contribution < 1.29 is 18.7 Å². The summed E-state index contributed by atoms with van der Waals surface area (Å²) in [6.45, 7) is 0.570. The van der Waals surface area contributed by atoms with Crippen LogP contribution in [0.25, 0.3) is 0 Å². The molecule has 3 nitrogen and oxygen atoms in total. The minimum absolute atomic E-state index is 0.00940. The molecule has 1 aliphatic rings. The number of carboxylic acids is 1. The van der Waals surface area contributed by atoms with Crippen molar-refractivity contribution >= 4 is 5.97 Å². The molecule has 0 radical (unpaired) electrons. The maximum Gasteiger partial charge on any atom is 0.320 e. The van der Waals surface area contributed by atoms with E-state index in [0.717, 1.165) is 6.42 Å². The summed E-state index contributed by atoms with van der Waals surface area (Å²) in [6.07, 6.45) is 1.28. The Morgan fingerprint density at radius 3 is 2.65 bits per heavy atom. The van der Waals surface area contributed by atoms with Crippen LogP contribution in [0.3, 0.4) is 0 Å². The molecule has 17 heavy (non-hydrogen) atoms. The van der Waals surface area contributed by atoms with E-state index >= 15 is 0 Å². The highest BCUT2D eigenvalue weighted by Gasteiger charge is 2.31. The zero-order chi connectivity index (χ0) is 12.4. The van der Waals surface area contributed by atoms with E-state index in [9.17, 15) is 13.6 Å². The second-order valence-corrected chi connectivity index (χ2v) is 4.17. The fourth-order valence-corrected chi connectivity index (χ4v) is 2.18. The van der Waals surface area contributed by atoms with Gasteiger partial charge in [-0.15, -0.1) is 0 Å². The number of aliphatic carboxylic acids is 1. The average Bonchev–Trinajstić information content (AvgIpc) is 2.72. The van der Waals surface area contributed by atoms with E-state index in [1.807, 2.05) is 0 Å². The number of rotatable bonds is 3. The first-order valence-corrected chi connectivity index (χ1v) is 5.49. The van der Waals surface area contributed by atoms with E-state index in [2.05, 4.69) is 0 Å². The van der Waals surface area contributed by atoms with E-state index in [1.165, 1.54) is 18.2 Å². The molecule has 0 aromatic heterocycles. The molecule has 1 aromatic rings. The molecular formula is C12H13F2NO2. The molecule has 92 valence electrons. The fraction of sp³-hybridized carbons (Fsp3) is 0.417. The van der Waals surface area contributed by atoms with Crippen LogP contribution >= 0.6 is 0 Å². The van der Waals surface area contributed by atoms with Gasteiger partial charge in [0.05, 0.1) is 0 Å². The topological polar surface area (TPSA) is 40.5 Å². The molecular weight excluding hydrogens is 228 g/mol. The number of hydrogen-bond acceptors (Lipinski definition) is 2. The Balaban J connectivity index is 2.18. The molecule has 1 aromatic carbocycles. The number of benzene rings is 1. The molecule has 5 heteroatoms. The van der Waals surface area contributed by atoms with Gasteiger partial charge in [0.1, 0.15) is 17.7 Å². The number of nitrogens with zero attached hydrogens (tertiary/aromatic N) is 1. The molecule has 0 aliphatic carbocycles. The number of halogens is 2. The van der Waals surface area contributed by atoms with Crippen molar-refractivity contribution in [1.29, 1.82) is 0 Å². The molecule has 0 saturated carbocycles. The predicted molar refractivity (Wildman–Crippen MR) is 57.4 cm³/mol. The van der Waals surface area contributed by atoms with Gasteiger partial charge in [-0.3, -0.25) is 9.69 Å². The summed E-state index contributed by atoms with van der Waals surface area (Å²) in [5, 5.41) is 8.97. The zero-order valence-corrected chi connectivity index (χ0v) is 9.20. The molecule has 1 fully saturated rings. The van der Waals surface area contributed by atoms with E-state index < -0.39 is 23.6 Å². The third-order valence-electron chi connectivity index (χ3n) is 3.07. The molecule has 2 rings (SSSR count). The van der Waals surface area contributed by atoms with E-state index in [4.69, 9.17) is 5.11 Å². The normalized spacial score (nSPS) is 20.7. The molecule has 1 heterocycles. The van der Waals surface area contributed by atoms with Gasteiger partial charge in [-0.1, -0.05) is 6.07 Å². The quantitative estimate of drug-likeness (QED) is 0.880. The smallest absolute Gasteiger partial charge is 0.320 e. The van der Waals surface area contributed by atoms with Gasteiger partial charge in [-0.25, -0.2) is 8.78 Å². The largest absolute Gasteiger partial charge is 0.480 e. The lowest BCUT2D eigenvalue weighted by atomic mass is 10.1. The second kappa shape index (κ2) is 4.79. The Hall–Kier alpha value is -1.49. The Labute approximate surface area is 97.7 Å². The molecule has 1 atom stereocenters. The molecule has 0 amide bonds. The standard InChI is InChI=1S/C12H13F2NO2/c13-9-3-1-4-10(14)8(9)7-15-6-2-5-11(15)12(16)17/h1,3-4,11H,2,5-7H2,(H,16,17). The number of carbonyl (C=O) groups is 1. The van der Waals surface area contributed by atoms with Gasteiger partial charge in [0, 0.05) is 12.1 Å². The van der Waals surface area contributed by atoms with Crippen LogP contribution < -0.4 is 0 Å². The highest BCUT2D eigenvalue weighted by molar-refractivity contribution is 5.73. The maximum atomic E-state index is 13.4. The summed E-state index contributed by atoms with van der Waals surface area (Å²) in [7, 11) is 0. The monoisotopic (exact) mass is 241 g/mol. The molecule has 1 unspecified atom stereocenters. The first-order chi connectivity index (χ1) is 8.09. The maximum absolute atomic E-state index is 13.4. The fourth-order valence-electron chi connectivity index (χ4n) is 2.18. The number of likely N-dealkylation sites (tertiary alicyclic amines) is 1. The Morgan fingerprint density at radius 1 is 1.41 bits per heavy atom. The molecule has 1 aliphatic heterocycles. The highest BCUT2D eigenvalue weighted by Crippen LogP contribution is 2.22. The third kappa shape index (κ3) is 2.44. The van der Waals surface area contributed by atoms with E-state index in [0.29, 0.717) is 13.0 Å². The van der Waals surface area contributed by atoms with Gasteiger partial charge >= 0.3 is 5.97 Å². The Morgan fingerprint density at radius 2 is 2.06 bits per heavy atom. The first-order valence-electron chi connectivity index (χ1n) is 5.49.